The van der Waals surface area contributed by atoms with E-state index in [-0.39, 0.29) is 0 Å². The van der Waals surface area contributed by atoms with Crippen molar-refractivity contribution in [3.05, 3.63) is 30.2 Å². The van der Waals surface area contributed by atoms with Gasteiger partial charge >= 0.3 is 0 Å². The summed E-state index contributed by atoms with van der Waals surface area (Å²) in [6.07, 6.45) is 2.84. The van der Waals surface area contributed by atoms with Crippen molar-refractivity contribution in [3.63, 3.8) is 0 Å². The second kappa shape index (κ2) is 4.63. The molecule has 0 amide bonds. The molecule has 2 rings (SSSR count). The van der Waals surface area contributed by atoms with Crippen LogP contribution in [0.1, 0.15) is 18.6 Å². The molecule has 0 aromatic carbocycles. The third-order valence-corrected chi connectivity index (χ3v) is 3.09. The Morgan fingerprint density at radius 2 is 2.31 bits per heavy atom. The Bertz CT molecular complexity index is 483. The molecular formula is C10H12N4OS. The Morgan fingerprint density at radius 1 is 1.50 bits per heavy atom. The van der Waals surface area contributed by atoms with Crippen LogP contribution in [0.25, 0.3) is 0 Å². The van der Waals surface area contributed by atoms with Gasteiger partial charge in [-0.05, 0) is 36.4 Å². The first-order chi connectivity index (χ1) is 7.66. The van der Waals surface area contributed by atoms with Crippen molar-refractivity contribution < 1.29 is 5.11 Å². The lowest BCUT2D eigenvalue weighted by Gasteiger charge is -2.05. The van der Waals surface area contributed by atoms with E-state index < -0.39 is 6.10 Å². The molecule has 2 aromatic heterocycles. The number of nitrogens with zero attached hydrogens (tertiary/aromatic N) is 4. The minimum Gasteiger partial charge on any atom is -0.389 e. The number of pyridine rings is 1. The second-order valence-corrected chi connectivity index (χ2v) is 4.42. The zero-order chi connectivity index (χ0) is 11.5. The van der Waals surface area contributed by atoms with Gasteiger partial charge in [-0.2, -0.15) is 0 Å². The van der Waals surface area contributed by atoms with Gasteiger partial charge < -0.3 is 9.67 Å². The van der Waals surface area contributed by atoms with Gasteiger partial charge in [-0.3, -0.25) is 0 Å². The van der Waals surface area contributed by atoms with Crippen LogP contribution in [0.15, 0.2) is 34.8 Å². The summed E-state index contributed by atoms with van der Waals surface area (Å²) in [5.74, 6) is 0. The fourth-order valence-corrected chi connectivity index (χ4v) is 1.97. The highest BCUT2D eigenvalue weighted by molar-refractivity contribution is 7.99. The molecule has 1 atom stereocenters. The third-order valence-electron chi connectivity index (χ3n) is 2.11. The van der Waals surface area contributed by atoms with Crippen molar-refractivity contribution in [2.45, 2.75) is 23.2 Å². The van der Waals surface area contributed by atoms with Crippen LogP contribution in [0.4, 0.5) is 0 Å². The fourth-order valence-electron chi connectivity index (χ4n) is 1.20. The van der Waals surface area contributed by atoms with Crippen LogP contribution in [0.3, 0.4) is 0 Å². The number of aliphatic hydroxyl groups excluding tert-OH is 1. The highest BCUT2D eigenvalue weighted by Gasteiger charge is 2.07. The van der Waals surface area contributed by atoms with Crippen molar-refractivity contribution >= 4 is 11.8 Å². The molecular weight excluding hydrogens is 224 g/mol. The molecule has 1 N–H and O–H groups in total. The van der Waals surface area contributed by atoms with E-state index in [1.165, 1.54) is 11.8 Å². The summed E-state index contributed by atoms with van der Waals surface area (Å²) >= 11 is 1.42. The van der Waals surface area contributed by atoms with Crippen molar-refractivity contribution in [2.24, 2.45) is 7.05 Å². The number of hydrogen-bond acceptors (Lipinski definition) is 5. The molecule has 6 heteroatoms. The smallest absolute Gasteiger partial charge is 0.197 e. The van der Waals surface area contributed by atoms with Crippen molar-refractivity contribution in [1.29, 1.82) is 0 Å². The van der Waals surface area contributed by atoms with E-state index in [2.05, 4.69) is 15.2 Å². The average molecular weight is 236 g/mol. The molecule has 0 spiro atoms. The molecule has 0 bridgehead atoms. The monoisotopic (exact) mass is 236 g/mol. The topological polar surface area (TPSA) is 63.8 Å². The van der Waals surface area contributed by atoms with E-state index in [1.54, 1.807) is 25.5 Å². The number of rotatable bonds is 3. The first-order valence-electron chi connectivity index (χ1n) is 4.82. The molecule has 0 unspecified atom stereocenters. The van der Waals surface area contributed by atoms with Gasteiger partial charge in [0.25, 0.3) is 0 Å². The predicted molar refractivity (Wildman–Crippen MR) is 60.0 cm³/mol. The molecule has 0 aliphatic rings. The molecule has 0 fully saturated rings. The summed E-state index contributed by atoms with van der Waals surface area (Å²) < 4.78 is 1.82. The van der Waals surface area contributed by atoms with Gasteiger partial charge in [0, 0.05) is 13.2 Å². The molecule has 0 saturated carbocycles. The Kier molecular flexibility index (Phi) is 3.21. The number of aliphatic hydroxyl groups is 1. The lowest BCUT2D eigenvalue weighted by atomic mass is 10.2. The van der Waals surface area contributed by atoms with Gasteiger partial charge in [0.15, 0.2) is 5.16 Å². The maximum Gasteiger partial charge on any atom is 0.197 e. The predicted octanol–water partition coefficient (Wildman–Crippen LogP) is 1.41. The van der Waals surface area contributed by atoms with Crippen LogP contribution in [0.2, 0.25) is 0 Å². The van der Waals surface area contributed by atoms with Crippen LogP contribution in [0.5, 0.6) is 0 Å². The van der Waals surface area contributed by atoms with E-state index in [9.17, 15) is 5.11 Å². The summed E-state index contributed by atoms with van der Waals surface area (Å²) in [5, 5.41) is 18.8. The summed E-state index contributed by atoms with van der Waals surface area (Å²) in [5.41, 5.74) is 0.847. The maximum atomic E-state index is 9.46. The van der Waals surface area contributed by atoms with Gasteiger partial charge in [-0.15, -0.1) is 10.2 Å². The molecule has 0 aliphatic carbocycles. The Morgan fingerprint density at radius 3 is 2.94 bits per heavy atom. The second-order valence-electron chi connectivity index (χ2n) is 3.43. The molecule has 16 heavy (non-hydrogen) atoms. The molecule has 5 nitrogen and oxygen atoms in total. The zero-order valence-electron chi connectivity index (χ0n) is 9.03. The van der Waals surface area contributed by atoms with Gasteiger partial charge in [0.1, 0.15) is 11.4 Å². The SMILES string of the molecule is C[C@@H](O)c1ccnc(Sc2nncn2C)c1. The lowest BCUT2D eigenvalue weighted by molar-refractivity contribution is 0.199. The summed E-state index contributed by atoms with van der Waals surface area (Å²) in [6, 6.07) is 3.65. The summed E-state index contributed by atoms with van der Waals surface area (Å²) in [7, 11) is 1.88. The van der Waals surface area contributed by atoms with Crippen molar-refractivity contribution in [2.75, 3.05) is 0 Å². The minimum absolute atomic E-state index is 0.484. The largest absolute Gasteiger partial charge is 0.389 e. The van der Waals surface area contributed by atoms with Gasteiger partial charge in [-0.25, -0.2) is 4.98 Å². The van der Waals surface area contributed by atoms with E-state index in [0.717, 1.165) is 15.7 Å². The molecule has 84 valence electrons. The molecule has 2 aromatic rings. The van der Waals surface area contributed by atoms with Crippen molar-refractivity contribution in [3.8, 4) is 0 Å². The minimum atomic E-state index is -0.484. The van der Waals surface area contributed by atoms with Crippen LogP contribution >= 0.6 is 11.8 Å². The summed E-state index contributed by atoms with van der Waals surface area (Å²) in [6.45, 7) is 1.73. The lowest BCUT2D eigenvalue weighted by Crippen LogP contribution is -1.94. The van der Waals surface area contributed by atoms with Gasteiger partial charge in [0.2, 0.25) is 0 Å². The highest BCUT2D eigenvalue weighted by atomic mass is 32.2. The quantitative estimate of drug-likeness (QED) is 0.873. The first-order valence-corrected chi connectivity index (χ1v) is 5.64. The third kappa shape index (κ3) is 2.40. The first kappa shape index (κ1) is 11.1. The van der Waals surface area contributed by atoms with E-state index in [1.807, 2.05) is 17.7 Å². The fraction of sp³-hybridized carbons (Fsp3) is 0.300. The Labute approximate surface area is 97.5 Å². The van der Waals surface area contributed by atoms with Crippen LogP contribution in [-0.2, 0) is 7.05 Å². The Hall–Kier alpha value is -1.40. The molecule has 0 aliphatic heterocycles. The highest BCUT2D eigenvalue weighted by Crippen LogP contribution is 2.25. The average Bonchev–Trinajstić information content (AvgIpc) is 2.65. The van der Waals surface area contributed by atoms with Gasteiger partial charge in [-0.1, -0.05) is 0 Å². The van der Waals surface area contributed by atoms with Crippen molar-refractivity contribution in [1.82, 2.24) is 19.7 Å². The number of hydrogen-bond donors (Lipinski definition) is 1. The standard InChI is InChI=1S/C10H12N4OS/c1-7(15)8-3-4-11-9(5-8)16-10-13-12-6-14(10)2/h3-7,15H,1-2H3/t7-/m1/s1. The number of aromatic nitrogens is 4. The van der Waals surface area contributed by atoms with Gasteiger partial charge in [0.05, 0.1) is 6.10 Å². The van der Waals surface area contributed by atoms with Crippen LogP contribution in [0, 0.1) is 0 Å². The molecule has 0 radical (unpaired) electrons. The molecule has 2 heterocycles. The Balaban J connectivity index is 2.22. The summed E-state index contributed by atoms with van der Waals surface area (Å²) in [4.78, 5) is 4.21. The maximum absolute atomic E-state index is 9.46. The van der Waals surface area contributed by atoms with E-state index in [4.69, 9.17) is 0 Å². The van der Waals surface area contributed by atoms with Crippen LogP contribution in [-0.4, -0.2) is 24.9 Å². The molecule has 0 saturated heterocycles. The van der Waals surface area contributed by atoms with E-state index in [0.29, 0.717) is 0 Å². The normalized spacial score (nSPS) is 12.7. The van der Waals surface area contributed by atoms with E-state index >= 15 is 0 Å². The zero-order valence-corrected chi connectivity index (χ0v) is 9.85. The van der Waals surface area contributed by atoms with Crippen LogP contribution < -0.4 is 0 Å². The number of aryl methyl sites for hydroxylation is 1.